The number of halogens is 2. The zero-order valence-corrected chi connectivity index (χ0v) is 16.1. The number of nitrogens with one attached hydrogen (secondary N) is 1. The number of piperazine rings is 1. The van der Waals surface area contributed by atoms with Crippen molar-refractivity contribution in [3.05, 3.63) is 57.5 Å². The topological polar surface area (TPSA) is 65.8 Å². The molecule has 0 spiro atoms. The Bertz CT molecular complexity index is 861. The minimum absolute atomic E-state index is 0.0648. The summed E-state index contributed by atoms with van der Waals surface area (Å²) in [6, 6.07) is 6.86. The molecule has 142 valence electrons. The fraction of sp³-hybridized carbons (Fsp3) is 0.368. The highest BCUT2D eigenvalue weighted by atomic mass is 35.5. The van der Waals surface area contributed by atoms with E-state index in [9.17, 15) is 9.59 Å². The van der Waals surface area contributed by atoms with Gasteiger partial charge in [-0.15, -0.1) is 0 Å². The van der Waals surface area contributed by atoms with Crippen LogP contribution in [0, 0.1) is 0 Å². The molecule has 1 saturated heterocycles. The van der Waals surface area contributed by atoms with Crippen molar-refractivity contribution in [1.29, 1.82) is 0 Å². The van der Waals surface area contributed by atoms with E-state index < -0.39 is 0 Å². The molecule has 2 aliphatic rings. The fourth-order valence-electron chi connectivity index (χ4n) is 3.69. The standard InChI is InChI=1S/C19H19Cl2N3O3/c20-14-5-3-12-13(17(14)21)4-6-15(12)22-19(26)24-9-7-23(8-10-24)18(25)16-2-1-11-27-16/h1-3,5,11,15H,4,6-10H2,(H,22,26). The summed E-state index contributed by atoms with van der Waals surface area (Å²) < 4.78 is 5.16. The first kappa shape index (κ1) is 18.2. The molecular weight excluding hydrogens is 389 g/mol. The quantitative estimate of drug-likeness (QED) is 0.824. The Morgan fingerprint density at radius 1 is 1.07 bits per heavy atom. The molecule has 1 unspecified atom stereocenters. The normalized spacial score (nSPS) is 19.1. The van der Waals surface area contributed by atoms with E-state index in [0.29, 0.717) is 42.0 Å². The average Bonchev–Trinajstić information content (AvgIpc) is 3.35. The van der Waals surface area contributed by atoms with Gasteiger partial charge in [-0.3, -0.25) is 4.79 Å². The number of rotatable bonds is 2. The Hall–Kier alpha value is -2.18. The molecule has 1 fully saturated rings. The smallest absolute Gasteiger partial charge is 0.318 e. The molecule has 6 nitrogen and oxygen atoms in total. The SMILES string of the molecule is O=C(NC1CCc2c1ccc(Cl)c2Cl)N1CCN(C(=O)c2ccco2)CC1. The maximum Gasteiger partial charge on any atom is 0.318 e. The monoisotopic (exact) mass is 407 g/mol. The lowest BCUT2D eigenvalue weighted by Crippen LogP contribution is -2.53. The third-order valence-electron chi connectivity index (χ3n) is 5.17. The van der Waals surface area contributed by atoms with Crippen molar-refractivity contribution < 1.29 is 14.0 Å². The van der Waals surface area contributed by atoms with Crippen molar-refractivity contribution in [1.82, 2.24) is 15.1 Å². The van der Waals surface area contributed by atoms with Gasteiger partial charge in [-0.2, -0.15) is 0 Å². The van der Waals surface area contributed by atoms with E-state index in [1.807, 2.05) is 6.07 Å². The third-order valence-corrected chi connectivity index (χ3v) is 6.02. The molecule has 8 heteroatoms. The Balaban J connectivity index is 1.35. The van der Waals surface area contributed by atoms with E-state index in [2.05, 4.69) is 5.32 Å². The third kappa shape index (κ3) is 3.51. The number of hydrogen-bond donors (Lipinski definition) is 1. The largest absolute Gasteiger partial charge is 0.459 e. The zero-order chi connectivity index (χ0) is 19.0. The van der Waals surface area contributed by atoms with Crippen molar-refractivity contribution in [3.8, 4) is 0 Å². The van der Waals surface area contributed by atoms with Crippen LogP contribution in [0.15, 0.2) is 34.9 Å². The van der Waals surface area contributed by atoms with Gasteiger partial charge in [0.15, 0.2) is 5.76 Å². The van der Waals surface area contributed by atoms with Crippen molar-refractivity contribution in [2.24, 2.45) is 0 Å². The predicted molar refractivity (Wildman–Crippen MR) is 102 cm³/mol. The van der Waals surface area contributed by atoms with Gasteiger partial charge in [0.1, 0.15) is 0 Å². The van der Waals surface area contributed by atoms with E-state index in [-0.39, 0.29) is 18.0 Å². The van der Waals surface area contributed by atoms with Crippen LogP contribution in [0.1, 0.15) is 34.1 Å². The van der Waals surface area contributed by atoms with Crippen LogP contribution in [0.4, 0.5) is 4.79 Å². The molecule has 1 aliphatic heterocycles. The highest BCUT2D eigenvalue weighted by Crippen LogP contribution is 2.39. The van der Waals surface area contributed by atoms with Crippen molar-refractivity contribution in [2.45, 2.75) is 18.9 Å². The molecule has 1 aromatic carbocycles. The van der Waals surface area contributed by atoms with Crippen LogP contribution in [0.5, 0.6) is 0 Å². The minimum atomic E-state index is -0.142. The Morgan fingerprint density at radius 2 is 1.81 bits per heavy atom. The van der Waals surface area contributed by atoms with E-state index >= 15 is 0 Å². The summed E-state index contributed by atoms with van der Waals surface area (Å²) in [5.74, 6) is 0.183. The lowest BCUT2D eigenvalue weighted by Gasteiger charge is -2.35. The molecule has 27 heavy (non-hydrogen) atoms. The number of benzene rings is 1. The maximum atomic E-state index is 12.7. The number of carbonyl (C=O) groups excluding carboxylic acids is 2. The highest BCUT2D eigenvalue weighted by molar-refractivity contribution is 6.42. The summed E-state index contributed by atoms with van der Waals surface area (Å²) >= 11 is 12.4. The number of urea groups is 1. The summed E-state index contributed by atoms with van der Waals surface area (Å²) in [6.07, 6.45) is 3.08. The summed E-state index contributed by atoms with van der Waals surface area (Å²) in [6.45, 7) is 1.93. The number of fused-ring (bicyclic) bond motifs is 1. The molecule has 3 amide bonds. The molecule has 1 N–H and O–H groups in total. The summed E-state index contributed by atoms with van der Waals surface area (Å²) in [4.78, 5) is 28.4. The van der Waals surface area contributed by atoms with Gasteiger partial charge in [-0.05, 0) is 42.2 Å². The highest BCUT2D eigenvalue weighted by Gasteiger charge is 2.30. The molecule has 2 heterocycles. The van der Waals surface area contributed by atoms with Crippen molar-refractivity contribution in [2.75, 3.05) is 26.2 Å². The number of furan rings is 1. The number of carbonyl (C=O) groups is 2. The van der Waals surface area contributed by atoms with E-state index in [4.69, 9.17) is 27.6 Å². The first-order chi connectivity index (χ1) is 13.0. The van der Waals surface area contributed by atoms with Crippen LogP contribution < -0.4 is 5.32 Å². The van der Waals surface area contributed by atoms with Crippen molar-refractivity contribution >= 4 is 35.1 Å². The number of amides is 3. The van der Waals surface area contributed by atoms with Crippen molar-refractivity contribution in [3.63, 3.8) is 0 Å². The predicted octanol–water partition coefficient (Wildman–Crippen LogP) is 3.74. The molecule has 0 radical (unpaired) electrons. The number of hydrogen-bond acceptors (Lipinski definition) is 3. The second kappa shape index (κ2) is 7.44. The Morgan fingerprint density at radius 3 is 2.52 bits per heavy atom. The van der Waals surface area contributed by atoms with Gasteiger partial charge in [0, 0.05) is 26.2 Å². The van der Waals surface area contributed by atoms with Gasteiger partial charge in [0.05, 0.1) is 22.4 Å². The van der Waals surface area contributed by atoms with Gasteiger partial charge in [-0.1, -0.05) is 29.3 Å². The van der Waals surface area contributed by atoms with Gasteiger partial charge < -0.3 is 19.5 Å². The molecule has 2 aromatic rings. The van der Waals surface area contributed by atoms with Crippen LogP contribution in [0.25, 0.3) is 0 Å². The minimum Gasteiger partial charge on any atom is -0.459 e. The molecule has 0 bridgehead atoms. The summed E-state index contributed by atoms with van der Waals surface area (Å²) in [7, 11) is 0. The van der Waals surface area contributed by atoms with Gasteiger partial charge >= 0.3 is 6.03 Å². The molecular formula is C19H19Cl2N3O3. The maximum absolute atomic E-state index is 12.7. The second-order valence-corrected chi connectivity index (χ2v) is 7.51. The first-order valence-electron chi connectivity index (χ1n) is 8.89. The van der Waals surface area contributed by atoms with E-state index in [0.717, 1.165) is 24.0 Å². The van der Waals surface area contributed by atoms with Gasteiger partial charge in [0.2, 0.25) is 0 Å². The van der Waals surface area contributed by atoms with E-state index in [1.165, 1.54) is 6.26 Å². The van der Waals surface area contributed by atoms with Crippen LogP contribution in [0.3, 0.4) is 0 Å². The molecule has 1 aliphatic carbocycles. The van der Waals surface area contributed by atoms with E-state index in [1.54, 1.807) is 28.0 Å². The Kier molecular flexibility index (Phi) is 5.02. The molecule has 1 aromatic heterocycles. The molecule has 4 rings (SSSR count). The van der Waals surface area contributed by atoms with Crippen LogP contribution >= 0.6 is 23.2 Å². The summed E-state index contributed by atoms with van der Waals surface area (Å²) in [5, 5.41) is 4.21. The van der Waals surface area contributed by atoms with Crippen LogP contribution in [0.2, 0.25) is 10.0 Å². The van der Waals surface area contributed by atoms with Gasteiger partial charge in [-0.25, -0.2) is 4.79 Å². The number of nitrogens with zero attached hydrogens (tertiary/aromatic N) is 2. The molecule has 0 saturated carbocycles. The lowest BCUT2D eigenvalue weighted by atomic mass is 10.1. The Labute approximate surface area is 167 Å². The van der Waals surface area contributed by atoms with Crippen LogP contribution in [-0.4, -0.2) is 47.9 Å². The van der Waals surface area contributed by atoms with Crippen LogP contribution in [-0.2, 0) is 6.42 Å². The lowest BCUT2D eigenvalue weighted by molar-refractivity contribution is 0.0632. The summed E-state index contributed by atoms with van der Waals surface area (Å²) in [5.41, 5.74) is 2.05. The average molecular weight is 408 g/mol. The zero-order valence-electron chi connectivity index (χ0n) is 14.6. The van der Waals surface area contributed by atoms with Gasteiger partial charge in [0.25, 0.3) is 5.91 Å². The fourth-order valence-corrected chi connectivity index (χ4v) is 4.13. The first-order valence-corrected chi connectivity index (χ1v) is 9.65. The molecule has 1 atom stereocenters. The second-order valence-electron chi connectivity index (χ2n) is 6.73.